The molecule has 0 aromatic heterocycles. The van der Waals surface area contributed by atoms with Gasteiger partial charge in [-0.3, -0.25) is 10.2 Å². The third kappa shape index (κ3) is 2.59. The highest BCUT2D eigenvalue weighted by molar-refractivity contribution is 9.10. The fourth-order valence-electron chi connectivity index (χ4n) is 2.08. The zero-order chi connectivity index (χ0) is 15.9. The van der Waals surface area contributed by atoms with E-state index in [4.69, 9.17) is 5.41 Å². The Bertz CT molecular complexity index is 768. The largest absolute Gasteiger partial charge is 0.377 e. The summed E-state index contributed by atoms with van der Waals surface area (Å²) < 4.78 is 0.917. The van der Waals surface area contributed by atoms with Crippen LogP contribution in [0.25, 0.3) is 6.08 Å². The lowest BCUT2D eigenvalue weighted by atomic mass is 10.1. The normalized spacial score (nSPS) is 18.8. The summed E-state index contributed by atoms with van der Waals surface area (Å²) in [7, 11) is 3.91. The number of amides is 1. The van der Waals surface area contributed by atoms with Gasteiger partial charge in [0.1, 0.15) is 0 Å². The van der Waals surface area contributed by atoms with E-state index in [1.165, 1.54) is 16.8 Å². The number of halogens is 1. The van der Waals surface area contributed by atoms with Crippen LogP contribution >= 0.6 is 27.7 Å². The summed E-state index contributed by atoms with van der Waals surface area (Å²) >= 11 is 4.75. The van der Waals surface area contributed by atoms with Crippen molar-refractivity contribution in [2.45, 2.75) is 0 Å². The molecule has 6 nitrogen and oxygen atoms in total. The van der Waals surface area contributed by atoms with Crippen molar-refractivity contribution in [3.8, 4) is 0 Å². The number of anilines is 1. The van der Waals surface area contributed by atoms with Crippen molar-refractivity contribution in [2.75, 3.05) is 19.0 Å². The maximum absolute atomic E-state index is 12.1. The number of hydrogen-bond donors (Lipinski definition) is 1. The topological polar surface area (TPSA) is 72.1 Å². The van der Waals surface area contributed by atoms with Crippen LogP contribution in [-0.2, 0) is 4.79 Å². The van der Waals surface area contributed by atoms with Gasteiger partial charge in [-0.2, -0.15) is 15.1 Å². The van der Waals surface area contributed by atoms with Gasteiger partial charge in [-0.25, -0.2) is 0 Å². The van der Waals surface area contributed by atoms with E-state index in [1.54, 1.807) is 11.6 Å². The molecule has 0 spiro atoms. The predicted octanol–water partition coefficient (Wildman–Crippen LogP) is 2.76. The van der Waals surface area contributed by atoms with Gasteiger partial charge in [0.25, 0.3) is 5.91 Å². The number of carbonyl (C=O) groups excluding carboxylic acids is 1. The summed E-state index contributed by atoms with van der Waals surface area (Å²) in [5, 5.41) is 13.9. The Kier molecular flexibility index (Phi) is 3.88. The van der Waals surface area contributed by atoms with Crippen LogP contribution in [0.3, 0.4) is 0 Å². The van der Waals surface area contributed by atoms with Gasteiger partial charge < -0.3 is 4.90 Å². The minimum Gasteiger partial charge on any atom is -0.377 e. The van der Waals surface area contributed by atoms with Gasteiger partial charge in [0.05, 0.1) is 16.8 Å². The summed E-state index contributed by atoms with van der Waals surface area (Å²) in [4.78, 5) is 18.0. The van der Waals surface area contributed by atoms with E-state index in [2.05, 4.69) is 26.0 Å². The monoisotopic (exact) mass is 377 g/mol. The zero-order valence-corrected chi connectivity index (χ0v) is 14.3. The molecule has 0 saturated carbocycles. The second-order valence-corrected chi connectivity index (χ2v) is 6.53. The summed E-state index contributed by atoms with van der Waals surface area (Å²) in [6, 6.07) is 5.75. The van der Waals surface area contributed by atoms with Crippen LogP contribution in [0, 0.1) is 5.41 Å². The molecule has 0 aliphatic carbocycles. The maximum Gasteiger partial charge on any atom is 0.283 e. The van der Waals surface area contributed by atoms with Crippen LogP contribution in [0.1, 0.15) is 5.56 Å². The van der Waals surface area contributed by atoms with Gasteiger partial charge in [0, 0.05) is 18.6 Å². The minimum absolute atomic E-state index is 0.0454. The molecular weight excluding hydrogens is 366 g/mol. The third-order valence-corrected chi connectivity index (χ3v) is 4.47. The van der Waals surface area contributed by atoms with Crippen LogP contribution in [0.4, 0.5) is 5.69 Å². The molecule has 0 bridgehead atoms. The predicted molar refractivity (Wildman–Crippen MR) is 94.5 cm³/mol. The number of nitrogens with one attached hydrogen (secondary N) is 1. The van der Waals surface area contributed by atoms with E-state index >= 15 is 0 Å². The van der Waals surface area contributed by atoms with E-state index in [0.29, 0.717) is 5.17 Å². The molecule has 1 N–H and O–H groups in total. The molecule has 3 rings (SSSR count). The Morgan fingerprint density at radius 3 is 2.86 bits per heavy atom. The van der Waals surface area contributed by atoms with Gasteiger partial charge in [-0.1, -0.05) is 6.07 Å². The zero-order valence-electron chi connectivity index (χ0n) is 11.9. The Balaban J connectivity index is 1.98. The first-order valence-corrected chi connectivity index (χ1v) is 8.04. The molecule has 2 aliphatic rings. The molecule has 2 aliphatic heterocycles. The van der Waals surface area contributed by atoms with E-state index in [0.717, 1.165) is 15.7 Å². The fourth-order valence-corrected chi connectivity index (χ4v) is 3.44. The second kappa shape index (κ2) is 5.69. The van der Waals surface area contributed by atoms with Crippen molar-refractivity contribution >= 4 is 61.9 Å². The maximum atomic E-state index is 12.1. The van der Waals surface area contributed by atoms with Crippen molar-refractivity contribution < 1.29 is 4.79 Å². The number of nitrogens with zero attached hydrogens (tertiary/aromatic N) is 4. The van der Waals surface area contributed by atoms with Gasteiger partial charge in [0.2, 0.25) is 0 Å². The van der Waals surface area contributed by atoms with Crippen molar-refractivity contribution in [1.29, 1.82) is 5.41 Å². The summed E-state index contributed by atoms with van der Waals surface area (Å²) in [6.45, 7) is 0. The Morgan fingerprint density at radius 2 is 2.18 bits per heavy atom. The fraction of sp³-hybridized carbons (Fsp3) is 0.143. The number of fused-ring (bicyclic) bond motifs is 1. The molecule has 1 aromatic rings. The summed E-state index contributed by atoms with van der Waals surface area (Å²) in [6.07, 6.45) is 1.66. The van der Waals surface area contributed by atoms with E-state index in [1.807, 2.05) is 37.2 Å². The van der Waals surface area contributed by atoms with Crippen molar-refractivity contribution in [1.82, 2.24) is 5.01 Å². The first-order chi connectivity index (χ1) is 10.5. The molecule has 0 atom stereocenters. The smallest absolute Gasteiger partial charge is 0.283 e. The number of benzene rings is 1. The van der Waals surface area contributed by atoms with Crippen molar-refractivity contribution in [3.63, 3.8) is 0 Å². The molecule has 22 heavy (non-hydrogen) atoms. The number of amidine groups is 2. The average Bonchev–Trinajstić information content (AvgIpc) is 2.91. The first-order valence-electron chi connectivity index (χ1n) is 6.37. The van der Waals surface area contributed by atoms with Crippen molar-refractivity contribution in [3.05, 3.63) is 33.8 Å². The first kappa shape index (κ1) is 15.0. The molecule has 112 valence electrons. The highest BCUT2D eigenvalue weighted by Gasteiger charge is 2.32. The van der Waals surface area contributed by atoms with Crippen LogP contribution in [0.5, 0.6) is 0 Å². The van der Waals surface area contributed by atoms with Crippen LogP contribution in [0.15, 0.2) is 38.3 Å². The van der Waals surface area contributed by atoms with Gasteiger partial charge >= 0.3 is 0 Å². The molecule has 8 heteroatoms. The van der Waals surface area contributed by atoms with Crippen LogP contribution < -0.4 is 4.90 Å². The van der Waals surface area contributed by atoms with Crippen LogP contribution in [0.2, 0.25) is 0 Å². The number of hydrazone groups is 1. The quantitative estimate of drug-likeness (QED) is 0.804. The highest BCUT2D eigenvalue weighted by Crippen LogP contribution is 2.28. The van der Waals surface area contributed by atoms with Crippen LogP contribution in [-0.4, -0.2) is 41.6 Å². The molecule has 0 fully saturated rings. The summed E-state index contributed by atoms with van der Waals surface area (Å²) in [5.74, 6) is -0.369. The van der Waals surface area contributed by atoms with Gasteiger partial charge in [-0.15, -0.1) is 0 Å². The summed E-state index contributed by atoms with van der Waals surface area (Å²) in [5.41, 5.74) is 3.65. The molecule has 0 unspecified atom stereocenters. The number of aliphatic imine (C=N–C) groups is 1. The average molecular weight is 378 g/mol. The number of hydrogen-bond acceptors (Lipinski definition) is 5. The lowest BCUT2D eigenvalue weighted by Crippen LogP contribution is -2.35. The second-order valence-electron chi connectivity index (χ2n) is 4.86. The number of thioether (sulfide) groups is 1. The highest BCUT2D eigenvalue weighted by atomic mass is 79.9. The minimum atomic E-state index is -0.415. The van der Waals surface area contributed by atoms with Gasteiger partial charge in [0.15, 0.2) is 11.0 Å². The van der Waals surface area contributed by atoms with E-state index < -0.39 is 5.91 Å². The standard InChI is InChI=1S/C14H12BrN5OS/c1-19(2)11-4-3-8(6-10(11)15)5-9-12(16)20-14(18-13(9)21)22-7-17-20/h3-7,16H,1-2H3/b9-5-,16-12?. The third-order valence-electron chi connectivity index (χ3n) is 3.16. The Labute approximate surface area is 140 Å². The number of carbonyl (C=O) groups is 1. The molecule has 1 amide bonds. The van der Waals surface area contributed by atoms with E-state index in [-0.39, 0.29) is 11.4 Å². The van der Waals surface area contributed by atoms with Crippen molar-refractivity contribution in [2.24, 2.45) is 10.1 Å². The Hall–Kier alpha value is -1.93. The molecule has 2 heterocycles. The lowest BCUT2D eigenvalue weighted by Gasteiger charge is -2.20. The SMILES string of the molecule is CN(C)c1ccc(/C=C2/C(=N)N3N=CSC3=NC2=O)cc1Br. The lowest BCUT2D eigenvalue weighted by molar-refractivity contribution is -0.114. The van der Waals surface area contributed by atoms with E-state index in [9.17, 15) is 4.79 Å². The van der Waals surface area contributed by atoms with Gasteiger partial charge in [-0.05, 0) is 51.5 Å². The number of rotatable bonds is 2. The molecular formula is C14H12BrN5OS. The molecule has 0 radical (unpaired) electrons. The molecule has 0 saturated heterocycles. The Morgan fingerprint density at radius 1 is 1.41 bits per heavy atom. The molecule has 1 aromatic carbocycles.